The van der Waals surface area contributed by atoms with Gasteiger partial charge in [0.1, 0.15) is 5.82 Å². The third-order valence-corrected chi connectivity index (χ3v) is 8.43. The van der Waals surface area contributed by atoms with Crippen LogP contribution in [0.1, 0.15) is 28.0 Å². The highest BCUT2D eigenvalue weighted by molar-refractivity contribution is 7.89. The molecule has 0 amide bonds. The van der Waals surface area contributed by atoms with E-state index in [4.69, 9.17) is 14.2 Å². The van der Waals surface area contributed by atoms with Gasteiger partial charge >= 0.3 is 5.97 Å². The molecule has 0 saturated carbocycles. The van der Waals surface area contributed by atoms with Crippen LogP contribution in [-0.4, -0.2) is 91.3 Å². The van der Waals surface area contributed by atoms with E-state index in [-0.39, 0.29) is 37.3 Å². The number of esters is 1. The summed E-state index contributed by atoms with van der Waals surface area (Å²) in [6.07, 6.45) is 2.17. The van der Waals surface area contributed by atoms with Crippen LogP contribution in [0.5, 0.6) is 11.5 Å². The summed E-state index contributed by atoms with van der Waals surface area (Å²) in [5, 5.41) is 8.09. The average Bonchev–Trinajstić information content (AvgIpc) is 3.50. The summed E-state index contributed by atoms with van der Waals surface area (Å²) in [6, 6.07) is 11.0. The Morgan fingerprint density at radius 3 is 2.64 bits per heavy atom. The fourth-order valence-corrected chi connectivity index (χ4v) is 6.14. The predicted octanol–water partition coefficient (Wildman–Crippen LogP) is 2.18. The van der Waals surface area contributed by atoms with Gasteiger partial charge in [-0.05, 0) is 37.7 Å². The van der Waals surface area contributed by atoms with Crippen LogP contribution in [-0.2, 0) is 27.8 Å². The van der Waals surface area contributed by atoms with Gasteiger partial charge in [0.2, 0.25) is 10.0 Å². The van der Waals surface area contributed by atoms with Crippen molar-refractivity contribution in [1.82, 2.24) is 24.2 Å². The number of ether oxygens (including phenoxy) is 3. The molecule has 39 heavy (non-hydrogen) atoms. The fourth-order valence-electron chi connectivity index (χ4n) is 4.36. The number of hydrogen-bond donors (Lipinski definition) is 0. The molecule has 11 nitrogen and oxygen atoms in total. The number of hydrogen-bond acceptors (Lipinski definition) is 9. The Labute approximate surface area is 227 Å². The quantitative estimate of drug-likeness (QED) is 0.242. The number of rotatable bonds is 12. The van der Waals surface area contributed by atoms with Crippen LogP contribution < -0.4 is 9.47 Å². The molecule has 1 aromatic heterocycles. The van der Waals surface area contributed by atoms with E-state index in [0.29, 0.717) is 47.8 Å². The molecule has 1 unspecified atom stereocenters. The number of likely N-dealkylation sites (N-methyl/N-ethyl adjacent to an activating group) is 1. The smallest absolute Gasteiger partial charge is 0.338 e. The number of methoxy groups -OCH3 is 2. The zero-order chi connectivity index (χ0) is 28.0. The zero-order valence-corrected chi connectivity index (χ0v) is 22.9. The molecule has 0 aliphatic carbocycles. The first-order valence-electron chi connectivity index (χ1n) is 12.4. The van der Waals surface area contributed by atoms with Gasteiger partial charge in [-0.15, -0.1) is 5.10 Å². The number of carbonyl (C=O) groups is 1. The third-order valence-electron chi connectivity index (χ3n) is 6.56. The van der Waals surface area contributed by atoms with Crippen molar-refractivity contribution in [1.29, 1.82) is 0 Å². The maximum Gasteiger partial charge on any atom is 0.338 e. The number of halogens is 1. The SMILES string of the molecule is COc1ccc(C(=O)OCCCN(C)C2CN(Cc3cn(Cc4ccccc4F)nn3)S(=O)(=O)C2)cc1OC. The van der Waals surface area contributed by atoms with Gasteiger partial charge in [0.05, 0.1) is 57.1 Å². The van der Waals surface area contributed by atoms with E-state index in [1.54, 1.807) is 42.6 Å². The minimum atomic E-state index is -3.48. The molecule has 1 aliphatic heterocycles. The summed E-state index contributed by atoms with van der Waals surface area (Å²) in [5.41, 5.74) is 1.31. The molecule has 210 valence electrons. The van der Waals surface area contributed by atoms with Crippen LogP contribution in [0, 0.1) is 5.82 Å². The second-order valence-electron chi connectivity index (χ2n) is 9.26. The fraction of sp³-hybridized carbons (Fsp3) is 0.423. The molecule has 13 heteroatoms. The number of sulfonamides is 1. The second-order valence-corrected chi connectivity index (χ2v) is 11.3. The molecule has 2 heterocycles. The highest BCUT2D eigenvalue weighted by atomic mass is 32.2. The summed E-state index contributed by atoms with van der Waals surface area (Å²) < 4.78 is 58.2. The Kier molecular flexibility index (Phi) is 9.15. The van der Waals surface area contributed by atoms with Crippen molar-refractivity contribution >= 4 is 16.0 Å². The molecule has 0 spiro atoms. The topological polar surface area (TPSA) is 116 Å². The molecule has 0 N–H and O–H groups in total. The molecule has 0 radical (unpaired) electrons. The minimum Gasteiger partial charge on any atom is -0.493 e. The van der Waals surface area contributed by atoms with Gasteiger partial charge in [-0.2, -0.15) is 4.31 Å². The van der Waals surface area contributed by atoms with Crippen molar-refractivity contribution in [2.45, 2.75) is 25.6 Å². The monoisotopic (exact) mass is 561 g/mol. The highest BCUT2D eigenvalue weighted by Gasteiger charge is 2.38. The highest BCUT2D eigenvalue weighted by Crippen LogP contribution is 2.28. The van der Waals surface area contributed by atoms with Gasteiger partial charge in [-0.1, -0.05) is 23.4 Å². The van der Waals surface area contributed by atoms with E-state index in [0.717, 1.165) is 0 Å². The van der Waals surface area contributed by atoms with E-state index < -0.39 is 16.0 Å². The largest absolute Gasteiger partial charge is 0.493 e. The normalized spacial score (nSPS) is 16.9. The van der Waals surface area contributed by atoms with Crippen LogP contribution in [0.25, 0.3) is 0 Å². The molecule has 1 atom stereocenters. The first kappa shape index (κ1) is 28.5. The summed E-state index contributed by atoms with van der Waals surface area (Å²) >= 11 is 0. The first-order chi connectivity index (χ1) is 18.7. The second kappa shape index (κ2) is 12.5. The lowest BCUT2D eigenvalue weighted by atomic mass is 10.2. The van der Waals surface area contributed by atoms with Gasteiger partial charge in [-0.25, -0.2) is 22.3 Å². The van der Waals surface area contributed by atoms with Crippen LogP contribution in [0.2, 0.25) is 0 Å². The lowest BCUT2D eigenvalue weighted by Gasteiger charge is -2.23. The lowest BCUT2D eigenvalue weighted by molar-refractivity contribution is 0.0486. The maximum absolute atomic E-state index is 13.9. The average molecular weight is 562 g/mol. The van der Waals surface area contributed by atoms with Crippen LogP contribution >= 0.6 is 0 Å². The Hall–Kier alpha value is -3.55. The standard InChI is InChI=1S/C26H32FN5O6S/c1-30(11-6-12-38-26(33)19-9-10-24(36-2)25(13-19)37-3)22-17-32(39(34,35)18-22)16-21-15-31(29-28-21)14-20-7-4-5-8-23(20)27/h4-5,7-10,13,15,22H,6,11-12,14,16-18H2,1-3H3. The van der Waals surface area contributed by atoms with Crippen molar-refractivity contribution in [2.24, 2.45) is 0 Å². The minimum absolute atomic E-state index is 0.0156. The predicted molar refractivity (Wildman–Crippen MR) is 141 cm³/mol. The van der Waals surface area contributed by atoms with Gasteiger partial charge in [-0.3, -0.25) is 0 Å². The van der Waals surface area contributed by atoms with Gasteiger partial charge < -0.3 is 19.1 Å². The molecule has 1 fully saturated rings. The molecule has 1 saturated heterocycles. The molecule has 1 aliphatic rings. The number of aromatic nitrogens is 3. The van der Waals surface area contributed by atoms with Gasteiger partial charge in [0.15, 0.2) is 11.5 Å². The third kappa shape index (κ3) is 7.11. The number of benzene rings is 2. The summed E-state index contributed by atoms with van der Waals surface area (Å²) in [7, 11) is 1.38. The van der Waals surface area contributed by atoms with Crippen molar-refractivity contribution in [3.63, 3.8) is 0 Å². The maximum atomic E-state index is 13.9. The van der Waals surface area contributed by atoms with Crippen LogP contribution in [0.4, 0.5) is 4.39 Å². The van der Waals surface area contributed by atoms with Crippen molar-refractivity contribution < 1.29 is 31.8 Å². The van der Waals surface area contributed by atoms with Crippen molar-refractivity contribution in [2.75, 3.05) is 46.7 Å². The first-order valence-corrected chi connectivity index (χ1v) is 14.0. The number of carbonyl (C=O) groups excluding carboxylic acids is 1. The van der Waals surface area contributed by atoms with Gasteiger partial charge in [0.25, 0.3) is 0 Å². The van der Waals surface area contributed by atoms with E-state index in [1.807, 2.05) is 11.9 Å². The molecular formula is C26H32FN5O6S. The van der Waals surface area contributed by atoms with E-state index in [2.05, 4.69) is 10.3 Å². The summed E-state index contributed by atoms with van der Waals surface area (Å²) in [4.78, 5) is 14.3. The van der Waals surface area contributed by atoms with E-state index in [9.17, 15) is 17.6 Å². The van der Waals surface area contributed by atoms with E-state index in [1.165, 1.54) is 29.3 Å². The zero-order valence-electron chi connectivity index (χ0n) is 22.1. The van der Waals surface area contributed by atoms with Gasteiger partial charge in [0, 0.05) is 24.7 Å². The Bertz CT molecular complexity index is 1400. The van der Waals surface area contributed by atoms with E-state index >= 15 is 0 Å². The molecule has 2 aromatic carbocycles. The molecular weight excluding hydrogens is 529 g/mol. The molecule has 4 rings (SSSR count). The Morgan fingerprint density at radius 1 is 1.13 bits per heavy atom. The summed E-state index contributed by atoms with van der Waals surface area (Å²) in [6.45, 7) is 1.34. The lowest BCUT2D eigenvalue weighted by Crippen LogP contribution is -2.37. The van der Waals surface area contributed by atoms with Crippen molar-refractivity contribution in [3.8, 4) is 11.5 Å². The number of nitrogens with zero attached hydrogens (tertiary/aromatic N) is 5. The summed E-state index contributed by atoms with van der Waals surface area (Å²) in [5.74, 6) is 0.127. The van der Waals surface area contributed by atoms with Crippen LogP contribution in [0.3, 0.4) is 0 Å². The Balaban J connectivity index is 1.24. The van der Waals surface area contributed by atoms with Crippen molar-refractivity contribution in [3.05, 3.63) is 71.3 Å². The van der Waals surface area contributed by atoms with Crippen LogP contribution in [0.15, 0.2) is 48.7 Å². The Morgan fingerprint density at radius 2 is 1.90 bits per heavy atom. The molecule has 3 aromatic rings. The molecule has 0 bridgehead atoms.